The van der Waals surface area contributed by atoms with Gasteiger partial charge in [-0.1, -0.05) is 11.8 Å². The van der Waals surface area contributed by atoms with Gasteiger partial charge in [-0.3, -0.25) is 4.98 Å². The number of nitrogens with zero attached hydrogens (tertiary/aromatic N) is 2. The summed E-state index contributed by atoms with van der Waals surface area (Å²) < 4.78 is 0.828. The molecule has 0 fully saturated rings. The van der Waals surface area contributed by atoms with E-state index >= 15 is 0 Å². The molecule has 1 heterocycles. The summed E-state index contributed by atoms with van der Waals surface area (Å²) >= 11 is 5.01. The number of halogens is 1. The minimum absolute atomic E-state index is 0.652. The van der Waals surface area contributed by atoms with E-state index in [9.17, 15) is 0 Å². The van der Waals surface area contributed by atoms with E-state index in [2.05, 4.69) is 27.0 Å². The molecule has 2 aromatic rings. The third kappa shape index (κ3) is 2.63. The van der Waals surface area contributed by atoms with E-state index in [1.165, 1.54) is 0 Å². The summed E-state index contributed by atoms with van der Waals surface area (Å²) in [6, 6.07) is 11.7. The van der Waals surface area contributed by atoms with Crippen LogP contribution in [-0.2, 0) is 0 Å². The zero-order valence-corrected chi connectivity index (χ0v) is 10.6. The normalized spacial score (nSPS) is 9.75. The van der Waals surface area contributed by atoms with Crippen molar-refractivity contribution in [1.29, 1.82) is 5.26 Å². The minimum atomic E-state index is 0.652. The van der Waals surface area contributed by atoms with Crippen molar-refractivity contribution in [1.82, 2.24) is 4.98 Å². The van der Waals surface area contributed by atoms with Gasteiger partial charge in [-0.25, -0.2) is 0 Å². The summed E-state index contributed by atoms with van der Waals surface area (Å²) in [5, 5.41) is 8.80. The second-order valence-electron chi connectivity index (χ2n) is 3.04. The number of aromatic nitrogens is 1. The number of benzene rings is 1. The summed E-state index contributed by atoms with van der Waals surface area (Å²) in [6.45, 7) is 0. The van der Waals surface area contributed by atoms with Gasteiger partial charge in [0.2, 0.25) is 0 Å². The lowest BCUT2D eigenvalue weighted by molar-refractivity contribution is 1.26. The van der Waals surface area contributed by atoms with Crippen LogP contribution in [0.3, 0.4) is 0 Å². The molecule has 2 nitrogen and oxygen atoms in total. The van der Waals surface area contributed by atoms with E-state index in [4.69, 9.17) is 5.26 Å². The number of hydrogen-bond donors (Lipinski definition) is 0. The molecule has 0 saturated carbocycles. The second-order valence-corrected chi connectivity index (χ2v) is 5.04. The van der Waals surface area contributed by atoms with Crippen molar-refractivity contribution in [3.8, 4) is 6.07 Å². The van der Waals surface area contributed by atoms with E-state index in [0.29, 0.717) is 5.56 Å². The van der Waals surface area contributed by atoms with Crippen molar-refractivity contribution >= 4 is 27.7 Å². The van der Waals surface area contributed by atoms with Crippen molar-refractivity contribution in [2.45, 2.75) is 9.79 Å². The SMILES string of the molecule is N#Cc1ccc(Sc2ccncc2)cc1Br. The molecule has 1 aromatic heterocycles. The molecule has 2 rings (SSSR count). The maximum absolute atomic E-state index is 8.80. The Kier molecular flexibility index (Phi) is 3.60. The van der Waals surface area contributed by atoms with Gasteiger partial charge < -0.3 is 0 Å². The summed E-state index contributed by atoms with van der Waals surface area (Å²) in [5.41, 5.74) is 0.652. The molecule has 0 N–H and O–H groups in total. The highest BCUT2D eigenvalue weighted by Gasteiger charge is 2.02. The van der Waals surface area contributed by atoms with Crippen LogP contribution >= 0.6 is 27.7 Å². The Hall–Kier alpha value is -1.31. The van der Waals surface area contributed by atoms with Crippen molar-refractivity contribution in [2.24, 2.45) is 0 Å². The Bertz CT molecular complexity index is 534. The quantitative estimate of drug-likeness (QED) is 0.842. The first-order chi connectivity index (χ1) is 7.79. The van der Waals surface area contributed by atoms with E-state index < -0.39 is 0 Å². The van der Waals surface area contributed by atoms with Crippen LogP contribution in [0.15, 0.2) is 57.0 Å². The molecular weight excluding hydrogens is 284 g/mol. The highest BCUT2D eigenvalue weighted by molar-refractivity contribution is 9.10. The van der Waals surface area contributed by atoms with Gasteiger partial charge in [0.1, 0.15) is 6.07 Å². The Morgan fingerprint density at radius 1 is 1.12 bits per heavy atom. The zero-order valence-electron chi connectivity index (χ0n) is 8.22. The van der Waals surface area contributed by atoms with Crippen LogP contribution in [0.5, 0.6) is 0 Å². The number of rotatable bonds is 2. The second kappa shape index (κ2) is 5.15. The van der Waals surface area contributed by atoms with Crippen LogP contribution in [0.1, 0.15) is 5.56 Å². The topological polar surface area (TPSA) is 36.7 Å². The van der Waals surface area contributed by atoms with Crippen LogP contribution in [0, 0.1) is 11.3 Å². The summed E-state index contributed by atoms with van der Waals surface area (Å²) in [7, 11) is 0. The molecule has 0 saturated heterocycles. The lowest BCUT2D eigenvalue weighted by atomic mass is 10.2. The van der Waals surface area contributed by atoms with Crippen molar-refractivity contribution in [3.05, 3.63) is 52.8 Å². The van der Waals surface area contributed by atoms with Gasteiger partial charge in [0.05, 0.1) is 5.56 Å². The Morgan fingerprint density at radius 3 is 2.50 bits per heavy atom. The molecule has 0 radical (unpaired) electrons. The van der Waals surface area contributed by atoms with Gasteiger partial charge in [0.25, 0.3) is 0 Å². The van der Waals surface area contributed by atoms with Crippen LogP contribution in [0.25, 0.3) is 0 Å². The Labute approximate surface area is 106 Å². The first-order valence-electron chi connectivity index (χ1n) is 4.57. The van der Waals surface area contributed by atoms with E-state index in [0.717, 1.165) is 14.3 Å². The predicted molar refractivity (Wildman–Crippen MR) is 67.2 cm³/mol. The molecule has 0 spiro atoms. The van der Waals surface area contributed by atoms with E-state index in [-0.39, 0.29) is 0 Å². The van der Waals surface area contributed by atoms with Crippen molar-refractivity contribution in [3.63, 3.8) is 0 Å². The number of nitriles is 1. The summed E-state index contributed by atoms with van der Waals surface area (Å²) in [6.07, 6.45) is 3.53. The van der Waals surface area contributed by atoms with Gasteiger partial charge in [-0.15, -0.1) is 0 Å². The number of pyridine rings is 1. The molecular formula is C12H7BrN2S. The molecule has 0 aliphatic rings. The molecule has 0 aliphatic carbocycles. The monoisotopic (exact) mass is 290 g/mol. The molecule has 78 valence electrons. The standard InChI is InChI=1S/C12H7BrN2S/c13-12-7-11(2-1-9(12)8-14)16-10-3-5-15-6-4-10/h1-7H. The first-order valence-corrected chi connectivity index (χ1v) is 6.18. The fourth-order valence-corrected chi connectivity index (χ4v) is 2.65. The molecule has 0 atom stereocenters. The molecule has 16 heavy (non-hydrogen) atoms. The van der Waals surface area contributed by atoms with E-state index in [1.807, 2.05) is 30.3 Å². The van der Waals surface area contributed by atoms with Gasteiger partial charge in [-0.2, -0.15) is 5.26 Å². The lowest BCUT2D eigenvalue weighted by Gasteiger charge is -2.02. The van der Waals surface area contributed by atoms with Gasteiger partial charge >= 0.3 is 0 Å². The van der Waals surface area contributed by atoms with Gasteiger partial charge in [0, 0.05) is 26.7 Å². The van der Waals surface area contributed by atoms with Crippen LogP contribution < -0.4 is 0 Å². The third-order valence-corrected chi connectivity index (χ3v) is 3.60. The molecule has 0 aliphatic heterocycles. The Morgan fingerprint density at radius 2 is 1.88 bits per heavy atom. The fraction of sp³-hybridized carbons (Fsp3) is 0. The van der Waals surface area contributed by atoms with Gasteiger partial charge in [0.15, 0.2) is 0 Å². The van der Waals surface area contributed by atoms with Crippen molar-refractivity contribution < 1.29 is 0 Å². The minimum Gasteiger partial charge on any atom is -0.265 e. The third-order valence-electron chi connectivity index (χ3n) is 1.95. The van der Waals surface area contributed by atoms with Crippen LogP contribution in [-0.4, -0.2) is 4.98 Å². The van der Waals surface area contributed by atoms with E-state index in [1.54, 1.807) is 24.2 Å². The average Bonchev–Trinajstić information content (AvgIpc) is 2.31. The molecule has 0 amide bonds. The summed E-state index contributed by atoms with van der Waals surface area (Å²) in [4.78, 5) is 6.19. The fourth-order valence-electron chi connectivity index (χ4n) is 1.19. The van der Waals surface area contributed by atoms with Crippen LogP contribution in [0.4, 0.5) is 0 Å². The first kappa shape index (κ1) is 11.2. The molecule has 0 bridgehead atoms. The van der Waals surface area contributed by atoms with Gasteiger partial charge in [-0.05, 0) is 46.3 Å². The molecule has 1 aromatic carbocycles. The Balaban J connectivity index is 2.24. The smallest absolute Gasteiger partial charge is 0.100 e. The van der Waals surface area contributed by atoms with Crippen molar-refractivity contribution in [2.75, 3.05) is 0 Å². The predicted octanol–water partition coefficient (Wildman–Crippen LogP) is 3.87. The highest BCUT2D eigenvalue weighted by Crippen LogP contribution is 2.30. The van der Waals surface area contributed by atoms with Crippen LogP contribution in [0.2, 0.25) is 0 Å². The lowest BCUT2D eigenvalue weighted by Crippen LogP contribution is -1.79. The number of hydrogen-bond acceptors (Lipinski definition) is 3. The maximum atomic E-state index is 8.80. The average molecular weight is 291 g/mol. The largest absolute Gasteiger partial charge is 0.265 e. The summed E-state index contributed by atoms with van der Waals surface area (Å²) in [5.74, 6) is 0. The highest BCUT2D eigenvalue weighted by atomic mass is 79.9. The molecule has 0 unspecified atom stereocenters. The maximum Gasteiger partial charge on any atom is 0.100 e. The zero-order chi connectivity index (χ0) is 11.4. The molecule has 4 heteroatoms.